The van der Waals surface area contributed by atoms with Crippen LogP contribution < -0.4 is 5.32 Å². The molecule has 106 valence electrons. The second kappa shape index (κ2) is 5.43. The number of carbonyl (C=O) groups excluding carboxylic acids is 2. The Balaban J connectivity index is 4.82. The van der Waals surface area contributed by atoms with E-state index in [9.17, 15) is 9.59 Å². The van der Waals surface area contributed by atoms with Crippen molar-refractivity contribution in [3.05, 3.63) is 0 Å². The fourth-order valence-corrected chi connectivity index (χ4v) is 2.03. The van der Waals surface area contributed by atoms with E-state index >= 15 is 0 Å². The lowest BCUT2D eigenvalue weighted by molar-refractivity contribution is -0.144. The van der Waals surface area contributed by atoms with Gasteiger partial charge in [0.05, 0.1) is 0 Å². The molecule has 0 atom stereocenters. The number of carbonyl (C=O) groups is 2. The van der Waals surface area contributed by atoms with Crippen LogP contribution in [-0.2, 0) is 14.0 Å². The summed E-state index contributed by atoms with van der Waals surface area (Å²) >= 11 is 0. The predicted octanol–water partition coefficient (Wildman–Crippen LogP) is 2.84. The Labute approximate surface area is 112 Å². The lowest BCUT2D eigenvalue weighted by Crippen LogP contribution is -2.55. The first-order valence-corrected chi connectivity index (χ1v) is 9.29. The van der Waals surface area contributed by atoms with Crippen molar-refractivity contribution in [3.8, 4) is 0 Å². The third-order valence-electron chi connectivity index (χ3n) is 3.44. The average Bonchev–Trinajstić information content (AvgIpc) is 2.14. The van der Waals surface area contributed by atoms with E-state index in [-0.39, 0.29) is 16.9 Å². The Hall–Kier alpha value is -0.843. The molecule has 4 nitrogen and oxygen atoms in total. The zero-order valence-electron chi connectivity index (χ0n) is 12.9. The van der Waals surface area contributed by atoms with Crippen LogP contribution in [0.3, 0.4) is 0 Å². The number of hydrogen-bond donors (Lipinski definition) is 1. The van der Waals surface area contributed by atoms with E-state index in [1.807, 2.05) is 13.1 Å². The molecule has 0 aromatic heterocycles. The molecule has 1 N–H and O–H groups in total. The van der Waals surface area contributed by atoms with Gasteiger partial charge in [-0.3, -0.25) is 9.59 Å². The number of hydrogen-bond acceptors (Lipinski definition) is 3. The second-order valence-electron chi connectivity index (χ2n) is 6.68. The summed E-state index contributed by atoms with van der Waals surface area (Å²) in [6.07, 6.45) is 0.358. The molecule has 0 saturated heterocycles. The summed E-state index contributed by atoms with van der Waals surface area (Å²) < 4.78 is 5.70. The number of amides is 1. The molecule has 0 saturated carbocycles. The minimum Gasteiger partial charge on any atom is -0.517 e. The summed E-state index contributed by atoms with van der Waals surface area (Å²) in [4.78, 5) is 23.6. The van der Waals surface area contributed by atoms with E-state index in [4.69, 9.17) is 4.43 Å². The Kier molecular flexibility index (Phi) is 5.17. The molecule has 0 aliphatic rings. The van der Waals surface area contributed by atoms with Gasteiger partial charge in [-0.05, 0) is 32.0 Å². The van der Waals surface area contributed by atoms with Crippen LogP contribution in [0.15, 0.2) is 0 Å². The van der Waals surface area contributed by atoms with Crippen LogP contribution in [0.4, 0.5) is 0 Å². The molecule has 1 amide bonds. The number of nitrogens with one attached hydrogen (secondary N) is 1. The maximum atomic E-state index is 12.2. The normalized spacial score (nSPS) is 13.1. The lowest BCUT2D eigenvalue weighted by atomic mass is 10.1. The lowest BCUT2D eigenvalue weighted by Gasteiger charge is -2.38. The van der Waals surface area contributed by atoms with Gasteiger partial charge in [0.15, 0.2) is 0 Å². The van der Waals surface area contributed by atoms with E-state index in [0.717, 1.165) is 0 Å². The van der Waals surface area contributed by atoms with E-state index in [1.54, 1.807) is 20.8 Å². The Morgan fingerprint density at radius 1 is 1.11 bits per heavy atom. The van der Waals surface area contributed by atoms with Crippen LogP contribution in [0.2, 0.25) is 18.1 Å². The third kappa shape index (κ3) is 4.44. The van der Waals surface area contributed by atoms with Gasteiger partial charge in [0, 0.05) is 6.42 Å². The summed E-state index contributed by atoms with van der Waals surface area (Å²) in [6.45, 7) is 15.4. The van der Waals surface area contributed by atoms with Gasteiger partial charge in [-0.2, -0.15) is 0 Å². The SMILES string of the molecule is CCC(=O)NC(C)(C)C(=O)O[Si](C)(C)C(C)(C)C. The summed E-state index contributed by atoms with van der Waals surface area (Å²) in [5, 5.41) is 2.65. The minimum absolute atomic E-state index is 0.0342. The van der Waals surface area contributed by atoms with Crippen LogP contribution in [-0.4, -0.2) is 25.7 Å². The van der Waals surface area contributed by atoms with Crippen molar-refractivity contribution < 1.29 is 14.0 Å². The van der Waals surface area contributed by atoms with Crippen LogP contribution >= 0.6 is 0 Å². The highest BCUT2D eigenvalue weighted by Crippen LogP contribution is 2.37. The minimum atomic E-state index is -2.14. The van der Waals surface area contributed by atoms with Crippen molar-refractivity contribution in [3.63, 3.8) is 0 Å². The third-order valence-corrected chi connectivity index (χ3v) is 7.75. The van der Waals surface area contributed by atoms with Crippen LogP contribution in [0, 0.1) is 0 Å². The fraction of sp³-hybridized carbons (Fsp3) is 0.846. The van der Waals surface area contributed by atoms with E-state index < -0.39 is 13.9 Å². The first-order valence-electron chi connectivity index (χ1n) is 6.38. The van der Waals surface area contributed by atoms with Crippen LogP contribution in [0.1, 0.15) is 48.0 Å². The summed E-state index contributed by atoms with van der Waals surface area (Å²) in [7, 11) is -2.14. The van der Waals surface area contributed by atoms with Crippen molar-refractivity contribution in [2.24, 2.45) is 0 Å². The number of rotatable bonds is 4. The molecule has 0 spiro atoms. The maximum Gasteiger partial charge on any atom is 0.317 e. The topological polar surface area (TPSA) is 55.4 Å². The Morgan fingerprint density at radius 2 is 1.56 bits per heavy atom. The first-order chi connectivity index (χ1) is 7.83. The van der Waals surface area contributed by atoms with Crippen molar-refractivity contribution in [2.45, 2.75) is 71.6 Å². The van der Waals surface area contributed by atoms with E-state index in [1.165, 1.54) is 0 Å². The molecule has 5 heteroatoms. The quantitative estimate of drug-likeness (QED) is 0.801. The average molecular weight is 273 g/mol. The Bertz CT molecular complexity index is 330. The first kappa shape index (κ1) is 17.2. The van der Waals surface area contributed by atoms with Crippen molar-refractivity contribution >= 4 is 20.2 Å². The van der Waals surface area contributed by atoms with Crippen molar-refractivity contribution in [1.82, 2.24) is 5.32 Å². The van der Waals surface area contributed by atoms with Gasteiger partial charge in [-0.25, -0.2) is 0 Å². The zero-order valence-corrected chi connectivity index (χ0v) is 13.9. The van der Waals surface area contributed by atoms with Gasteiger partial charge in [0.25, 0.3) is 8.32 Å². The molecule has 0 rings (SSSR count). The molecule has 0 bridgehead atoms. The summed E-state index contributed by atoms with van der Waals surface area (Å²) in [6, 6.07) is 0. The standard InChI is InChI=1S/C13H27NO3Si/c1-9-10(15)14-13(5,6)11(16)17-18(7,8)12(2,3)4/h9H2,1-8H3,(H,14,15). The molecule has 0 fully saturated rings. The summed E-state index contributed by atoms with van der Waals surface area (Å²) in [5.41, 5.74) is -0.970. The highest BCUT2D eigenvalue weighted by Gasteiger charge is 2.43. The van der Waals surface area contributed by atoms with E-state index in [0.29, 0.717) is 6.42 Å². The van der Waals surface area contributed by atoms with Gasteiger partial charge < -0.3 is 9.74 Å². The fourth-order valence-electron chi connectivity index (χ4n) is 1.00. The maximum absolute atomic E-state index is 12.2. The van der Waals surface area contributed by atoms with Gasteiger partial charge in [0.2, 0.25) is 5.91 Å². The zero-order chi connectivity index (χ0) is 14.8. The highest BCUT2D eigenvalue weighted by atomic mass is 28.4. The smallest absolute Gasteiger partial charge is 0.317 e. The van der Waals surface area contributed by atoms with Gasteiger partial charge in [0.1, 0.15) is 5.54 Å². The van der Waals surface area contributed by atoms with Gasteiger partial charge >= 0.3 is 5.97 Å². The molecule has 0 radical (unpaired) electrons. The molecular weight excluding hydrogens is 246 g/mol. The van der Waals surface area contributed by atoms with Crippen LogP contribution in [0.25, 0.3) is 0 Å². The van der Waals surface area contributed by atoms with Crippen molar-refractivity contribution in [2.75, 3.05) is 0 Å². The molecule has 18 heavy (non-hydrogen) atoms. The van der Waals surface area contributed by atoms with Crippen molar-refractivity contribution in [1.29, 1.82) is 0 Å². The summed E-state index contributed by atoms with van der Waals surface area (Å²) in [5.74, 6) is -0.497. The molecular formula is C13H27NO3Si. The molecule has 0 aliphatic carbocycles. The monoisotopic (exact) mass is 273 g/mol. The van der Waals surface area contributed by atoms with Gasteiger partial charge in [-0.15, -0.1) is 0 Å². The molecule has 0 aromatic rings. The van der Waals surface area contributed by atoms with Crippen LogP contribution in [0.5, 0.6) is 0 Å². The molecule has 0 aliphatic heterocycles. The molecule has 0 aromatic carbocycles. The highest BCUT2D eigenvalue weighted by molar-refractivity contribution is 6.75. The Morgan fingerprint density at radius 3 is 1.89 bits per heavy atom. The molecule has 0 heterocycles. The van der Waals surface area contributed by atoms with E-state index in [2.05, 4.69) is 26.1 Å². The van der Waals surface area contributed by atoms with Gasteiger partial charge in [-0.1, -0.05) is 27.7 Å². The largest absolute Gasteiger partial charge is 0.517 e. The molecule has 0 unspecified atom stereocenters. The second-order valence-corrected chi connectivity index (χ2v) is 11.4. The predicted molar refractivity (Wildman–Crippen MR) is 75.8 cm³/mol.